The molecule has 0 radical (unpaired) electrons. The quantitative estimate of drug-likeness (QED) is 0.296. The van der Waals surface area contributed by atoms with Crippen molar-refractivity contribution >= 4 is 57.3 Å². The van der Waals surface area contributed by atoms with Crippen LogP contribution in [0.2, 0.25) is 5.02 Å². The first-order valence-electron chi connectivity index (χ1n) is 9.62. The van der Waals surface area contributed by atoms with Gasteiger partial charge in [0, 0.05) is 26.5 Å². The molecule has 0 saturated carbocycles. The number of anilines is 2. The molecule has 0 bridgehead atoms. The fraction of sp³-hybridized carbons (Fsp3) is 0.0870. The summed E-state index contributed by atoms with van der Waals surface area (Å²) in [5, 5.41) is 8.41. The summed E-state index contributed by atoms with van der Waals surface area (Å²) in [5.74, 6) is -0.207. The van der Waals surface area contributed by atoms with E-state index in [2.05, 4.69) is 15.6 Å². The number of furan rings is 1. The Kier molecular flexibility index (Phi) is 6.94. The topological polar surface area (TPSA) is 84.2 Å². The highest BCUT2D eigenvalue weighted by Crippen LogP contribution is 2.28. The van der Waals surface area contributed by atoms with Crippen LogP contribution in [0.15, 0.2) is 81.6 Å². The Morgan fingerprint density at radius 2 is 1.81 bits per heavy atom. The fourth-order valence-electron chi connectivity index (χ4n) is 2.77. The molecule has 1 atom stereocenters. The van der Waals surface area contributed by atoms with E-state index in [1.807, 2.05) is 36.6 Å². The molecule has 2 heterocycles. The van der Waals surface area contributed by atoms with Gasteiger partial charge in [0.1, 0.15) is 0 Å². The Morgan fingerprint density at radius 1 is 1.06 bits per heavy atom. The molecule has 162 valence electrons. The van der Waals surface area contributed by atoms with E-state index in [0.29, 0.717) is 15.8 Å². The van der Waals surface area contributed by atoms with E-state index in [1.165, 1.54) is 29.4 Å². The van der Waals surface area contributed by atoms with E-state index in [1.54, 1.807) is 36.4 Å². The number of aromatic nitrogens is 1. The van der Waals surface area contributed by atoms with Gasteiger partial charge in [0.15, 0.2) is 10.9 Å². The largest absolute Gasteiger partial charge is 0.459 e. The van der Waals surface area contributed by atoms with Crippen LogP contribution in [0.3, 0.4) is 0 Å². The van der Waals surface area contributed by atoms with Crippen molar-refractivity contribution in [2.24, 2.45) is 0 Å². The highest BCUT2D eigenvalue weighted by Gasteiger charge is 2.17. The zero-order valence-corrected chi connectivity index (χ0v) is 19.3. The summed E-state index contributed by atoms with van der Waals surface area (Å²) >= 11 is 8.72. The van der Waals surface area contributed by atoms with Gasteiger partial charge in [-0.3, -0.25) is 9.59 Å². The normalized spacial score (nSPS) is 11.7. The van der Waals surface area contributed by atoms with Crippen molar-refractivity contribution in [1.82, 2.24) is 4.98 Å². The van der Waals surface area contributed by atoms with E-state index in [-0.39, 0.29) is 22.8 Å². The van der Waals surface area contributed by atoms with Gasteiger partial charge in [0.05, 0.1) is 17.2 Å². The summed E-state index contributed by atoms with van der Waals surface area (Å²) in [5.41, 5.74) is 2.37. The minimum atomic E-state index is -0.332. The summed E-state index contributed by atoms with van der Waals surface area (Å²) in [6, 6.07) is 17.9. The van der Waals surface area contributed by atoms with Crippen LogP contribution in [0.1, 0.15) is 17.5 Å². The van der Waals surface area contributed by atoms with Crippen molar-refractivity contribution < 1.29 is 14.0 Å². The van der Waals surface area contributed by atoms with Crippen LogP contribution < -0.4 is 10.6 Å². The van der Waals surface area contributed by atoms with Crippen molar-refractivity contribution in [3.05, 3.63) is 83.1 Å². The molecule has 1 unspecified atom stereocenters. The van der Waals surface area contributed by atoms with E-state index in [4.69, 9.17) is 16.0 Å². The van der Waals surface area contributed by atoms with Crippen molar-refractivity contribution in [3.63, 3.8) is 0 Å². The van der Waals surface area contributed by atoms with Gasteiger partial charge in [-0.25, -0.2) is 4.98 Å². The van der Waals surface area contributed by atoms with Crippen molar-refractivity contribution in [1.29, 1.82) is 0 Å². The summed E-state index contributed by atoms with van der Waals surface area (Å²) in [4.78, 5) is 30.0. The second-order valence-electron chi connectivity index (χ2n) is 6.75. The zero-order valence-electron chi connectivity index (χ0n) is 16.9. The number of amides is 2. The molecule has 0 fully saturated rings. The van der Waals surface area contributed by atoms with E-state index >= 15 is 0 Å². The highest BCUT2D eigenvalue weighted by atomic mass is 35.5. The van der Waals surface area contributed by atoms with Gasteiger partial charge in [-0.15, -0.1) is 23.1 Å². The predicted octanol–water partition coefficient (Wildman–Crippen LogP) is 6.43. The number of nitrogens with zero attached hydrogens (tertiary/aromatic N) is 1. The van der Waals surface area contributed by atoms with Crippen molar-refractivity contribution in [2.75, 3.05) is 10.6 Å². The Labute approximate surface area is 198 Å². The third kappa shape index (κ3) is 5.59. The molecule has 32 heavy (non-hydrogen) atoms. The molecule has 0 spiro atoms. The van der Waals surface area contributed by atoms with Crippen LogP contribution in [-0.2, 0) is 4.79 Å². The number of halogens is 1. The number of hydrogen-bond donors (Lipinski definition) is 2. The standard InChI is InChI=1S/C23H18ClN3O3S2/c1-14(21(28)27-23-26-19(13-31-23)15-4-6-16(24)7-5-15)32-18-10-8-17(9-11-18)25-22(29)20-3-2-12-30-20/h2-14H,1H3,(H,25,29)(H,26,27,28). The molecule has 2 amide bonds. The Morgan fingerprint density at radius 3 is 2.50 bits per heavy atom. The molecule has 2 aromatic carbocycles. The summed E-state index contributed by atoms with van der Waals surface area (Å²) in [6.07, 6.45) is 1.45. The molecule has 0 saturated heterocycles. The number of nitrogens with one attached hydrogen (secondary N) is 2. The molecule has 6 nitrogen and oxygen atoms in total. The maximum Gasteiger partial charge on any atom is 0.291 e. The van der Waals surface area contributed by atoms with Crippen LogP contribution in [0.4, 0.5) is 10.8 Å². The molecule has 4 aromatic rings. The number of thiazole rings is 1. The van der Waals surface area contributed by atoms with Gasteiger partial charge >= 0.3 is 0 Å². The Balaban J connectivity index is 1.31. The van der Waals surface area contributed by atoms with Gasteiger partial charge in [-0.2, -0.15) is 0 Å². The smallest absolute Gasteiger partial charge is 0.291 e. The van der Waals surface area contributed by atoms with Gasteiger partial charge < -0.3 is 15.1 Å². The lowest BCUT2D eigenvalue weighted by molar-refractivity contribution is -0.115. The Bertz CT molecular complexity index is 1210. The number of carbonyl (C=O) groups excluding carboxylic acids is 2. The van der Waals surface area contributed by atoms with Gasteiger partial charge in [-0.05, 0) is 55.5 Å². The molecule has 2 aromatic heterocycles. The third-order valence-electron chi connectivity index (χ3n) is 4.41. The van der Waals surface area contributed by atoms with E-state index < -0.39 is 0 Å². The average Bonchev–Trinajstić information content (AvgIpc) is 3.48. The lowest BCUT2D eigenvalue weighted by atomic mass is 10.2. The third-order valence-corrected chi connectivity index (χ3v) is 6.54. The first-order chi connectivity index (χ1) is 15.5. The first kappa shape index (κ1) is 22.1. The number of hydrogen-bond acceptors (Lipinski definition) is 6. The maximum absolute atomic E-state index is 12.6. The van der Waals surface area contributed by atoms with E-state index in [9.17, 15) is 9.59 Å². The molecule has 9 heteroatoms. The Hall–Kier alpha value is -3.07. The maximum atomic E-state index is 12.6. The highest BCUT2D eigenvalue weighted by molar-refractivity contribution is 8.00. The van der Waals surface area contributed by atoms with Crippen molar-refractivity contribution in [2.45, 2.75) is 17.1 Å². The summed E-state index contributed by atoms with van der Waals surface area (Å²) < 4.78 is 5.08. The first-order valence-corrected chi connectivity index (χ1v) is 11.8. The minimum absolute atomic E-state index is 0.137. The molecular weight excluding hydrogens is 466 g/mol. The average molecular weight is 484 g/mol. The summed E-state index contributed by atoms with van der Waals surface area (Å²) in [7, 11) is 0. The van der Waals surface area contributed by atoms with Crippen LogP contribution in [0.5, 0.6) is 0 Å². The molecule has 0 aliphatic heterocycles. The summed E-state index contributed by atoms with van der Waals surface area (Å²) in [6.45, 7) is 1.83. The molecule has 2 N–H and O–H groups in total. The van der Waals surface area contributed by atoms with Gasteiger partial charge in [0.2, 0.25) is 5.91 Å². The van der Waals surface area contributed by atoms with Gasteiger partial charge in [0.25, 0.3) is 5.91 Å². The van der Waals surface area contributed by atoms with Crippen molar-refractivity contribution in [3.8, 4) is 11.3 Å². The van der Waals surface area contributed by atoms with Gasteiger partial charge in [-0.1, -0.05) is 23.7 Å². The number of carbonyl (C=O) groups is 2. The number of benzene rings is 2. The minimum Gasteiger partial charge on any atom is -0.459 e. The number of thioether (sulfide) groups is 1. The monoisotopic (exact) mass is 483 g/mol. The second-order valence-corrected chi connectivity index (χ2v) is 9.46. The molecule has 0 aliphatic carbocycles. The lowest BCUT2D eigenvalue weighted by Gasteiger charge is -2.11. The van der Waals surface area contributed by atoms with Crippen LogP contribution in [0, 0.1) is 0 Å². The fourth-order valence-corrected chi connectivity index (χ4v) is 4.48. The SMILES string of the molecule is CC(Sc1ccc(NC(=O)c2ccco2)cc1)C(=O)Nc1nc(-c2ccc(Cl)cc2)cs1. The molecular formula is C23H18ClN3O3S2. The molecule has 0 aliphatic rings. The van der Waals surface area contributed by atoms with E-state index in [0.717, 1.165) is 16.2 Å². The van der Waals surface area contributed by atoms with Crippen LogP contribution >= 0.6 is 34.7 Å². The predicted molar refractivity (Wildman–Crippen MR) is 130 cm³/mol. The van der Waals surface area contributed by atoms with Crippen LogP contribution in [0.25, 0.3) is 11.3 Å². The number of rotatable bonds is 7. The second kappa shape index (κ2) is 10.0. The molecule has 4 rings (SSSR count). The zero-order chi connectivity index (χ0) is 22.5. The lowest BCUT2D eigenvalue weighted by Crippen LogP contribution is -2.22. The van der Waals surface area contributed by atoms with Crippen LogP contribution in [-0.4, -0.2) is 22.0 Å².